The van der Waals surface area contributed by atoms with E-state index in [-0.39, 0.29) is 23.8 Å². The van der Waals surface area contributed by atoms with Gasteiger partial charge in [0.2, 0.25) is 11.8 Å². The summed E-state index contributed by atoms with van der Waals surface area (Å²) in [4.78, 5) is 40.3. The predicted octanol–water partition coefficient (Wildman–Crippen LogP) is 0.103. The smallest absolute Gasteiger partial charge is 0.253 e. The third kappa shape index (κ3) is 3.44. The van der Waals surface area contributed by atoms with Crippen molar-refractivity contribution in [2.75, 3.05) is 26.2 Å². The highest BCUT2D eigenvalue weighted by atomic mass is 16.3. The van der Waals surface area contributed by atoms with Crippen LogP contribution in [0.4, 0.5) is 0 Å². The van der Waals surface area contributed by atoms with Gasteiger partial charge in [-0.1, -0.05) is 25.1 Å². The van der Waals surface area contributed by atoms with Gasteiger partial charge in [-0.3, -0.25) is 14.4 Å². The third-order valence-corrected chi connectivity index (χ3v) is 5.35. The number of carbonyl (C=O) groups is 3. The standard InChI is InChI=1S/C19H25N3O4/c1-12(16-15(13(2)23)17(24)20-16)18(25)21-8-10-22(11-9-21)19(26)14-6-4-3-5-7-14/h3-7,12-13,15-16,23H,8-11H2,1-2H3,(H,20,24)/t12?,13?,15-,16-/m1/s1. The lowest BCUT2D eigenvalue weighted by Gasteiger charge is -2.43. The molecule has 1 aromatic rings. The van der Waals surface area contributed by atoms with Crippen LogP contribution in [0.5, 0.6) is 0 Å². The summed E-state index contributed by atoms with van der Waals surface area (Å²) in [6.07, 6.45) is -0.774. The Kier molecular flexibility index (Phi) is 5.27. The van der Waals surface area contributed by atoms with Gasteiger partial charge >= 0.3 is 0 Å². The molecule has 3 amide bonds. The summed E-state index contributed by atoms with van der Waals surface area (Å²) in [6.45, 7) is 5.28. The molecular weight excluding hydrogens is 334 g/mol. The van der Waals surface area contributed by atoms with E-state index >= 15 is 0 Å². The van der Waals surface area contributed by atoms with E-state index in [1.54, 1.807) is 35.8 Å². The zero-order valence-electron chi connectivity index (χ0n) is 15.1. The second kappa shape index (κ2) is 7.45. The van der Waals surface area contributed by atoms with Crippen molar-refractivity contribution in [1.82, 2.24) is 15.1 Å². The van der Waals surface area contributed by atoms with Crippen molar-refractivity contribution in [2.24, 2.45) is 11.8 Å². The van der Waals surface area contributed by atoms with Crippen molar-refractivity contribution in [3.8, 4) is 0 Å². The first kappa shape index (κ1) is 18.4. The molecule has 2 fully saturated rings. The van der Waals surface area contributed by atoms with Gasteiger partial charge in [-0.25, -0.2) is 0 Å². The molecule has 0 aromatic heterocycles. The normalized spacial score (nSPS) is 25.1. The highest BCUT2D eigenvalue weighted by Crippen LogP contribution is 2.27. The molecule has 2 unspecified atom stereocenters. The van der Waals surface area contributed by atoms with Crippen LogP contribution in [-0.2, 0) is 9.59 Å². The quantitative estimate of drug-likeness (QED) is 0.747. The number of amides is 3. The number of aliphatic hydroxyl groups is 1. The average molecular weight is 359 g/mol. The molecule has 0 saturated carbocycles. The number of nitrogens with zero attached hydrogens (tertiary/aromatic N) is 2. The lowest BCUT2D eigenvalue weighted by Crippen LogP contribution is -2.66. The molecule has 2 saturated heterocycles. The van der Waals surface area contributed by atoms with Gasteiger partial charge in [0.05, 0.1) is 24.0 Å². The molecule has 7 heteroatoms. The van der Waals surface area contributed by atoms with Crippen LogP contribution in [-0.4, -0.2) is 71.0 Å². The van der Waals surface area contributed by atoms with E-state index in [1.165, 1.54) is 0 Å². The Hall–Kier alpha value is -2.41. The van der Waals surface area contributed by atoms with E-state index in [4.69, 9.17) is 0 Å². The Bertz CT molecular complexity index is 683. The van der Waals surface area contributed by atoms with Crippen LogP contribution in [0.25, 0.3) is 0 Å². The topological polar surface area (TPSA) is 90.0 Å². The van der Waals surface area contributed by atoms with E-state index in [2.05, 4.69) is 5.32 Å². The summed E-state index contributed by atoms with van der Waals surface area (Å²) in [5, 5.41) is 12.5. The minimum atomic E-state index is -0.774. The highest BCUT2D eigenvalue weighted by Gasteiger charge is 2.48. The van der Waals surface area contributed by atoms with Crippen molar-refractivity contribution in [3.63, 3.8) is 0 Å². The van der Waals surface area contributed by atoms with Crippen molar-refractivity contribution in [3.05, 3.63) is 35.9 Å². The molecule has 0 radical (unpaired) electrons. The minimum absolute atomic E-state index is 0.0221. The molecule has 140 valence electrons. The van der Waals surface area contributed by atoms with Gasteiger partial charge in [0.25, 0.3) is 5.91 Å². The Balaban J connectivity index is 1.55. The number of aliphatic hydroxyl groups excluding tert-OH is 1. The maximum absolute atomic E-state index is 12.7. The Morgan fingerprint density at radius 1 is 1.08 bits per heavy atom. The van der Waals surface area contributed by atoms with Crippen LogP contribution in [0.1, 0.15) is 24.2 Å². The Morgan fingerprint density at radius 3 is 2.19 bits per heavy atom. The largest absolute Gasteiger partial charge is 0.393 e. The molecule has 2 aliphatic rings. The first-order chi connectivity index (χ1) is 12.4. The predicted molar refractivity (Wildman–Crippen MR) is 95.2 cm³/mol. The summed E-state index contributed by atoms with van der Waals surface area (Å²) in [5.41, 5.74) is 0.651. The summed E-state index contributed by atoms with van der Waals surface area (Å²) in [5.74, 6) is -1.21. The van der Waals surface area contributed by atoms with Crippen molar-refractivity contribution >= 4 is 17.7 Å². The molecule has 2 heterocycles. The first-order valence-corrected chi connectivity index (χ1v) is 9.01. The SMILES string of the molecule is CC(C(=O)N1CCN(C(=O)c2ccccc2)CC1)[C@H]1NC(=O)[C@@H]1C(C)O. The number of β-lactam (4-membered cyclic amide) rings is 1. The second-order valence-corrected chi connectivity index (χ2v) is 7.07. The van der Waals surface area contributed by atoms with Gasteiger partial charge in [-0.2, -0.15) is 0 Å². The van der Waals surface area contributed by atoms with Crippen LogP contribution in [0.2, 0.25) is 0 Å². The molecule has 0 aliphatic carbocycles. The van der Waals surface area contributed by atoms with Crippen molar-refractivity contribution in [1.29, 1.82) is 0 Å². The zero-order valence-corrected chi connectivity index (χ0v) is 15.1. The van der Waals surface area contributed by atoms with E-state index in [9.17, 15) is 19.5 Å². The lowest BCUT2D eigenvalue weighted by atomic mass is 9.78. The van der Waals surface area contributed by atoms with Crippen molar-refractivity contribution < 1.29 is 19.5 Å². The van der Waals surface area contributed by atoms with Crippen LogP contribution < -0.4 is 5.32 Å². The summed E-state index contributed by atoms with van der Waals surface area (Å²) >= 11 is 0. The number of piperazine rings is 1. The monoisotopic (exact) mass is 359 g/mol. The summed E-state index contributed by atoms with van der Waals surface area (Å²) < 4.78 is 0. The van der Waals surface area contributed by atoms with Crippen molar-refractivity contribution in [2.45, 2.75) is 26.0 Å². The lowest BCUT2D eigenvalue weighted by molar-refractivity contribution is -0.149. The van der Waals surface area contributed by atoms with Gasteiger partial charge < -0.3 is 20.2 Å². The zero-order chi connectivity index (χ0) is 18.8. The molecule has 1 aromatic carbocycles. The first-order valence-electron chi connectivity index (χ1n) is 9.01. The van der Waals surface area contributed by atoms with E-state index in [0.29, 0.717) is 31.7 Å². The summed E-state index contributed by atoms with van der Waals surface area (Å²) in [7, 11) is 0. The number of nitrogens with one attached hydrogen (secondary N) is 1. The number of rotatable bonds is 4. The third-order valence-electron chi connectivity index (χ3n) is 5.35. The molecule has 0 spiro atoms. The Morgan fingerprint density at radius 2 is 1.65 bits per heavy atom. The van der Waals surface area contributed by atoms with Gasteiger partial charge in [0.1, 0.15) is 0 Å². The molecule has 7 nitrogen and oxygen atoms in total. The fraction of sp³-hybridized carbons (Fsp3) is 0.526. The van der Waals surface area contributed by atoms with Gasteiger partial charge in [-0.15, -0.1) is 0 Å². The van der Waals surface area contributed by atoms with Crippen LogP contribution in [0.3, 0.4) is 0 Å². The average Bonchev–Trinajstić information content (AvgIpc) is 2.64. The van der Waals surface area contributed by atoms with E-state index < -0.39 is 17.9 Å². The van der Waals surface area contributed by atoms with Crippen LogP contribution >= 0.6 is 0 Å². The number of hydrogen-bond donors (Lipinski definition) is 2. The molecule has 2 aliphatic heterocycles. The van der Waals surface area contributed by atoms with Gasteiger partial charge in [-0.05, 0) is 19.1 Å². The maximum Gasteiger partial charge on any atom is 0.253 e. The fourth-order valence-corrected chi connectivity index (χ4v) is 3.71. The molecule has 0 bridgehead atoms. The maximum atomic E-state index is 12.7. The molecule has 3 rings (SSSR count). The van der Waals surface area contributed by atoms with Gasteiger partial charge in [0.15, 0.2) is 0 Å². The number of hydrogen-bond acceptors (Lipinski definition) is 4. The molecular formula is C19H25N3O4. The van der Waals surface area contributed by atoms with E-state index in [0.717, 1.165) is 0 Å². The van der Waals surface area contributed by atoms with Crippen LogP contribution in [0.15, 0.2) is 30.3 Å². The van der Waals surface area contributed by atoms with Crippen LogP contribution in [0, 0.1) is 11.8 Å². The number of carbonyl (C=O) groups excluding carboxylic acids is 3. The highest BCUT2D eigenvalue weighted by molar-refractivity contribution is 5.94. The van der Waals surface area contributed by atoms with E-state index in [1.807, 2.05) is 18.2 Å². The second-order valence-electron chi connectivity index (χ2n) is 7.07. The number of benzene rings is 1. The molecule has 4 atom stereocenters. The Labute approximate surface area is 153 Å². The fourth-order valence-electron chi connectivity index (χ4n) is 3.71. The minimum Gasteiger partial charge on any atom is -0.393 e. The van der Waals surface area contributed by atoms with Gasteiger partial charge in [0, 0.05) is 31.7 Å². The summed E-state index contributed by atoms with van der Waals surface area (Å²) in [6, 6.07) is 8.78. The molecule has 26 heavy (non-hydrogen) atoms. The molecule has 2 N–H and O–H groups in total.